The second kappa shape index (κ2) is 25.6. The second-order valence-electron chi connectivity index (χ2n) is 5.21. The molecular weight excluding hydrogens is 316 g/mol. The van der Waals surface area contributed by atoms with E-state index in [-0.39, 0.29) is 0 Å². The molecule has 0 heterocycles. The topological polar surface area (TPSA) is 86.2 Å². The summed E-state index contributed by atoms with van der Waals surface area (Å²) in [6.07, 6.45) is 17.4. The van der Waals surface area contributed by atoms with Crippen molar-refractivity contribution in [1.29, 1.82) is 0 Å². The van der Waals surface area contributed by atoms with Crippen molar-refractivity contribution < 1.29 is 9.59 Å². The van der Waals surface area contributed by atoms with Crippen molar-refractivity contribution in [2.75, 3.05) is 0 Å². The molecule has 0 rings (SSSR count). The summed E-state index contributed by atoms with van der Waals surface area (Å²) in [5.41, 5.74) is 8.67. The minimum atomic E-state index is -0.639. The van der Waals surface area contributed by atoms with Crippen LogP contribution in [0.5, 0.6) is 0 Å². The van der Waals surface area contributed by atoms with Gasteiger partial charge in [0.25, 0.3) is 10.5 Å². The van der Waals surface area contributed by atoms with Crippen molar-refractivity contribution in [2.24, 2.45) is 11.5 Å². The Morgan fingerprint density at radius 1 is 0.591 bits per heavy atom. The van der Waals surface area contributed by atoms with E-state index in [0.717, 1.165) is 0 Å². The van der Waals surface area contributed by atoms with Crippen LogP contribution in [0.1, 0.15) is 90.9 Å². The molecule has 0 bridgehead atoms. The van der Waals surface area contributed by atoms with Gasteiger partial charge in [0, 0.05) is 0 Å². The quantitative estimate of drug-likeness (QED) is 0.284. The van der Waals surface area contributed by atoms with Crippen LogP contribution >= 0.6 is 25.3 Å². The highest BCUT2D eigenvalue weighted by molar-refractivity contribution is 7.96. The van der Waals surface area contributed by atoms with Crippen LogP contribution in [-0.4, -0.2) is 10.5 Å². The van der Waals surface area contributed by atoms with Crippen LogP contribution in [0.3, 0.4) is 0 Å². The lowest BCUT2D eigenvalue weighted by molar-refractivity contribution is 0.266. The Bertz CT molecular complexity index is 208. The maximum atomic E-state index is 9.09. The number of thiol groups is 2. The molecule has 0 saturated carbocycles. The fourth-order valence-corrected chi connectivity index (χ4v) is 1.91. The summed E-state index contributed by atoms with van der Waals surface area (Å²) in [6, 6.07) is 0. The van der Waals surface area contributed by atoms with Gasteiger partial charge in [-0.05, 0) is 0 Å². The lowest BCUT2D eigenvalue weighted by Gasteiger charge is -2.01. The Labute approximate surface area is 148 Å². The minimum Gasteiger partial charge on any atom is -0.361 e. The fourth-order valence-electron chi connectivity index (χ4n) is 1.91. The Morgan fingerprint density at radius 2 is 0.727 bits per heavy atom. The standard InChI is InChI=1S/C14H30.2CH3NOS/c1-3-5-7-9-11-13-14-12-10-8-6-4-2;2*2-1(3)4/h3-14H2,1-2H3;2*(H3,2,3,4). The second-order valence-corrected chi connectivity index (χ2v) is 6.09. The molecule has 134 valence electrons. The number of hydrogen-bond acceptors (Lipinski definition) is 2. The Hall–Kier alpha value is -0.360. The molecule has 0 unspecified atom stereocenters. The molecule has 2 amide bonds. The zero-order valence-corrected chi connectivity index (χ0v) is 16.1. The Morgan fingerprint density at radius 3 is 0.864 bits per heavy atom. The van der Waals surface area contributed by atoms with Gasteiger partial charge < -0.3 is 11.5 Å². The smallest absolute Gasteiger partial charge is 0.273 e. The molecule has 0 aliphatic rings. The first-order valence-corrected chi connectivity index (χ1v) is 9.24. The molecule has 0 aromatic rings. The molecule has 22 heavy (non-hydrogen) atoms. The van der Waals surface area contributed by atoms with Crippen LogP contribution in [0.2, 0.25) is 0 Å². The Kier molecular flexibility index (Phi) is 30.9. The predicted molar refractivity (Wildman–Crippen MR) is 104 cm³/mol. The maximum absolute atomic E-state index is 9.09. The summed E-state index contributed by atoms with van der Waals surface area (Å²) >= 11 is 6.21. The monoisotopic (exact) mass is 352 g/mol. The van der Waals surface area contributed by atoms with Crippen molar-refractivity contribution in [3.05, 3.63) is 0 Å². The van der Waals surface area contributed by atoms with E-state index in [9.17, 15) is 0 Å². The molecule has 0 aliphatic heterocycles. The van der Waals surface area contributed by atoms with E-state index in [1.165, 1.54) is 77.0 Å². The first-order chi connectivity index (χ1) is 10.4. The molecular formula is C16H36N2O2S2. The molecule has 0 aromatic heterocycles. The average Bonchev–Trinajstić information content (AvgIpc) is 2.40. The van der Waals surface area contributed by atoms with Gasteiger partial charge >= 0.3 is 0 Å². The van der Waals surface area contributed by atoms with Crippen molar-refractivity contribution in [3.63, 3.8) is 0 Å². The lowest BCUT2D eigenvalue weighted by atomic mass is 10.1. The number of amides is 2. The molecule has 0 fully saturated rings. The fraction of sp³-hybridized carbons (Fsp3) is 0.875. The third kappa shape index (κ3) is 60.3. The maximum Gasteiger partial charge on any atom is 0.273 e. The molecule has 4 N–H and O–H groups in total. The van der Waals surface area contributed by atoms with E-state index >= 15 is 0 Å². The molecule has 0 atom stereocenters. The molecule has 4 nitrogen and oxygen atoms in total. The lowest BCUT2D eigenvalue weighted by Crippen LogP contribution is -1.95. The predicted octanol–water partition coefficient (Wildman–Crippen LogP) is 5.70. The van der Waals surface area contributed by atoms with E-state index < -0.39 is 10.5 Å². The summed E-state index contributed by atoms with van der Waals surface area (Å²) in [4.78, 5) is 18.2. The van der Waals surface area contributed by atoms with Gasteiger partial charge in [-0.15, -0.1) is 0 Å². The van der Waals surface area contributed by atoms with Gasteiger partial charge in [0.15, 0.2) is 0 Å². The number of unbranched alkanes of at least 4 members (excludes halogenated alkanes) is 11. The zero-order valence-electron chi connectivity index (χ0n) is 14.4. The van der Waals surface area contributed by atoms with Gasteiger partial charge in [-0.3, -0.25) is 9.59 Å². The average molecular weight is 353 g/mol. The van der Waals surface area contributed by atoms with Gasteiger partial charge in [-0.1, -0.05) is 116 Å². The van der Waals surface area contributed by atoms with Crippen LogP contribution in [0.4, 0.5) is 9.59 Å². The number of carbonyl (C=O) groups is 2. The van der Waals surface area contributed by atoms with Crippen molar-refractivity contribution in [3.8, 4) is 0 Å². The number of rotatable bonds is 11. The van der Waals surface area contributed by atoms with Crippen LogP contribution in [-0.2, 0) is 0 Å². The summed E-state index contributed by atoms with van der Waals surface area (Å²) in [6.45, 7) is 4.57. The normalized spacial score (nSPS) is 9.09. The van der Waals surface area contributed by atoms with Gasteiger partial charge in [-0.25, -0.2) is 0 Å². The van der Waals surface area contributed by atoms with Gasteiger partial charge in [-0.2, -0.15) is 0 Å². The number of carbonyl (C=O) groups excluding carboxylic acids is 2. The molecule has 0 saturated heterocycles. The molecule has 6 heteroatoms. The first kappa shape index (κ1) is 26.5. The van der Waals surface area contributed by atoms with Crippen molar-refractivity contribution in [1.82, 2.24) is 0 Å². The Balaban J connectivity index is -0.000000372. The van der Waals surface area contributed by atoms with Gasteiger partial charge in [0.2, 0.25) is 0 Å². The summed E-state index contributed by atoms with van der Waals surface area (Å²) < 4.78 is 0. The molecule has 0 spiro atoms. The van der Waals surface area contributed by atoms with Crippen LogP contribution in [0.15, 0.2) is 0 Å². The highest BCUT2D eigenvalue weighted by Crippen LogP contribution is 2.11. The van der Waals surface area contributed by atoms with Crippen LogP contribution < -0.4 is 11.5 Å². The number of nitrogens with two attached hydrogens (primary N) is 2. The molecule has 0 aliphatic carbocycles. The first-order valence-electron chi connectivity index (χ1n) is 8.35. The molecule has 0 radical (unpaired) electrons. The van der Waals surface area contributed by atoms with Gasteiger partial charge in [0.1, 0.15) is 0 Å². The van der Waals surface area contributed by atoms with Crippen LogP contribution in [0.25, 0.3) is 0 Å². The third-order valence-corrected chi connectivity index (χ3v) is 2.96. The summed E-state index contributed by atoms with van der Waals surface area (Å²) in [5, 5.41) is -1.28. The van der Waals surface area contributed by atoms with E-state index in [4.69, 9.17) is 9.59 Å². The van der Waals surface area contributed by atoms with Crippen molar-refractivity contribution >= 4 is 35.7 Å². The number of primary amides is 2. The van der Waals surface area contributed by atoms with E-state index in [1.807, 2.05) is 0 Å². The summed E-state index contributed by atoms with van der Waals surface area (Å²) in [5.74, 6) is 0. The van der Waals surface area contributed by atoms with E-state index in [0.29, 0.717) is 0 Å². The SMILES string of the molecule is CCCCCCCCCCCCCC.NC(=O)S.NC(=O)S. The van der Waals surface area contributed by atoms with E-state index in [2.05, 4.69) is 50.6 Å². The highest BCUT2D eigenvalue weighted by Gasteiger charge is 1.91. The zero-order chi connectivity index (χ0) is 17.6. The van der Waals surface area contributed by atoms with Crippen molar-refractivity contribution in [2.45, 2.75) is 90.9 Å². The minimum absolute atomic E-state index is 0.639. The largest absolute Gasteiger partial charge is 0.361 e. The van der Waals surface area contributed by atoms with E-state index in [1.54, 1.807) is 0 Å². The van der Waals surface area contributed by atoms with Crippen LogP contribution in [0, 0.1) is 0 Å². The third-order valence-electron chi connectivity index (χ3n) is 2.96. The number of hydrogen-bond donors (Lipinski definition) is 4. The van der Waals surface area contributed by atoms with Gasteiger partial charge in [0.05, 0.1) is 0 Å². The summed E-state index contributed by atoms with van der Waals surface area (Å²) in [7, 11) is 0. The molecule has 0 aromatic carbocycles. The highest BCUT2D eigenvalue weighted by atomic mass is 32.1.